The molecule has 1 aliphatic carbocycles. The first kappa shape index (κ1) is 21.0. The molecule has 1 aliphatic heterocycles. The summed E-state index contributed by atoms with van der Waals surface area (Å²) in [6, 6.07) is 11.7. The Hall–Kier alpha value is -3.21. The minimum Gasteiger partial charge on any atom is -0.362 e. The largest absolute Gasteiger partial charge is 0.362 e. The number of allylic oxidation sites excluding steroid dienone is 3. The van der Waals surface area contributed by atoms with Gasteiger partial charge in [-0.3, -0.25) is 9.59 Å². The van der Waals surface area contributed by atoms with Crippen molar-refractivity contribution in [1.29, 1.82) is 0 Å². The predicted octanol–water partition coefficient (Wildman–Crippen LogP) is 4.94. The first-order chi connectivity index (χ1) is 14.7. The summed E-state index contributed by atoms with van der Waals surface area (Å²) in [4.78, 5) is 31.1. The van der Waals surface area contributed by atoms with Crippen molar-refractivity contribution in [2.45, 2.75) is 53.4 Å². The number of carbonyl (C=O) groups is 2. The van der Waals surface area contributed by atoms with Gasteiger partial charge < -0.3 is 10.6 Å². The molecule has 2 heterocycles. The van der Waals surface area contributed by atoms with E-state index >= 15 is 0 Å². The molecule has 0 saturated carbocycles. The SMILES string of the molecule is CC1=C(C(=O)Nc2ccc(C)cn2)[C@H](c2ccccc2C)C2=C(CC(C)(C)CC2=O)N1. The topological polar surface area (TPSA) is 71.1 Å². The van der Waals surface area contributed by atoms with Gasteiger partial charge in [0, 0.05) is 41.1 Å². The Balaban J connectivity index is 1.81. The quantitative estimate of drug-likeness (QED) is 0.745. The normalized spacial score (nSPS) is 20.3. The van der Waals surface area contributed by atoms with Crippen LogP contribution in [0, 0.1) is 19.3 Å². The van der Waals surface area contributed by atoms with E-state index in [2.05, 4.69) is 29.5 Å². The Labute approximate surface area is 183 Å². The van der Waals surface area contributed by atoms with Gasteiger partial charge in [0.1, 0.15) is 5.82 Å². The summed E-state index contributed by atoms with van der Waals surface area (Å²) in [5, 5.41) is 6.34. The van der Waals surface area contributed by atoms with Crippen molar-refractivity contribution < 1.29 is 9.59 Å². The van der Waals surface area contributed by atoms with Gasteiger partial charge in [0.05, 0.1) is 0 Å². The number of hydrogen-bond acceptors (Lipinski definition) is 4. The number of rotatable bonds is 3. The molecule has 5 nitrogen and oxygen atoms in total. The van der Waals surface area contributed by atoms with Gasteiger partial charge in [-0.2, -0.15) is 0 Å². The lowest BCUT2D eigenvalue weighted by atomic mass is 9.68. The molecule has 0 fully saturated rings. The molecule has 1 amide bonds. The smallest absolute Gasteiger partial charge is 0.255 e. The van der Waals surface area contributed by atoms with Gasteiger partial charge in [0.15, 0.2) is 5.78 Å². The van der Waals surface area contributed by atoms with Crippen LogP contribution in [0.15, 0.2) is 65.1 Å². The molecule has 31 heavy (non-hydrogen) atoms. The summed E-state index contributed by atoms with van der Waals surface area (Å²) < 4.78 is 0. The molecule has 1 aromatic heterocycles. The number of nitrogens with one attached hydrogen (secondary N) is 2. The van der Waals surface area contributed by atoms with Crippen LogP contribution >= 0.6 is 0 Å². The minimum absolute atomic E-state index is 0.106. The third kappa shape index (κ3) is 4.05. The van der Waals surface area contributed by atoms with Crippen molar-refractivity contribution in [2.75, 3.05) is 5.32 Å². The van der Waals surface area contributed by atoms with E-state index < -0.39 is 5.92 Å². The number of aryl methyl sites for hydroxylation is 2. The zero-order chi connectivity index (χ0) is 22.3. The maximum Gasteiger partial charge on any atom is 0.255 e. The number of amides is 1. The standard InChI is InChI=1S/C26H29N3O2/c1-15-10-11-21(27-14-15)29-25(31)22-17(3)28-19-12-26(4,5)13-20(30)24(19)23(22)18-9-7-6-8-16(18)2/h6-11,14,23,28H,12-13H2,1-5H3,(H,27,29,31)/t23-/m0/s1. The highest BCUT2D eigenvalue weighted by Gasteiger charge is 2.43. The molecule has 1 atom stereocenters. The van der Waals surface area contributed by atoms with E-state index in [-0.39, 0.29) is 17.1 Å². The van der Waals surface area contributed by atoms with Gasteiger partial charge in [0.25, 0.3) is 5.91 Å². The molecule has 5 heteroatoms. The van der Waals surface area contributed by atoms with Crippen molar-refractivity contribution in [2.24, 2.45) is 5.41 Å². The van der Waals surface area contributed by atoms with Gasteiger partial charge in [-0.05, 0) is 55.4 Å². The second-order valence-electron chi connectivity index (χ2n) is 9.46. The zero-order valence-electron chi connectivity index (χ0n) is 18.8. The second-order valence-corrected chi connectivity index (χ2v) is 9.46. The Kier molecular flexibility index (Phi) is 5.29. The van der Waals surface area contributed by atoms with Crippen LogP contribution in [0.4, 0.5) is 5.82 Å². The van der Waals surface area contributed by atoms with Gasteiger partial charge >= 0.3 is 0 Å². The Morgan fingerprint density at radius 3 is 2.52 bits per heavy atom. The van der Waals surface area contributed by atoms with Gasteiger partial charge in [-0.25, -0.2) is 4.98 Å². The number of benzene rings is 1. The van der Waals surface area contributed by atoms with Crippen LogP contribution in [-0.2, 0) is 9.59 Å². The summed E-state index contributed by atoms with van der Waals surface area (Å²) in [6.07, 6.45) is 2.98. The molecule has 2 N–H and O–H groups in total. The number of aromatic nitrogens is 1. The number of Topliss-reactive ketones (excluding diaryl/α,β-unsaturated/α-hetero) is 1. The van der Waals surface area contributed by atoms with E-state index in [1.807, 2.05) is 51.1 Å². The molecule has 2 aliphatic rings. The monoisotopic (exact) mass is 415 g/mol. The average Bonchev–Trinajstić information content (AvgIpc) is 2.68. The van der Waals surface area contributed by atoms with Crippen LogP contribution in [0.25, 0.3) is 0 Å². The molecule has 4 rings (SSSR count). The lowest BCUT2D eigenvalue weighted by Gasteiger charge is -2.40. The zero-order valence-corrected chi connectivity index (χ0v) is 18.8. The number of anilines is 1. The fourth-order valence-electron chi connectivity index (χ4n) is 4.68. The second kappa shape index (κ2) is 7.80. The summed E-state index contributed by atoms with van der Waals surface area (Å²) in [6.45, 7) is 10.1. The molecule has 0 saturated heterocycles. The van der Waals surface area contributed by atoms with Gasteiger partial charge in [0.2, 0.25) is 0 Å². The van der Waals surface area contributed by atoms with Crippen molar-refractivity contribution in [3.8, 4) is 0 Å². The molecule has 1 aromatic carbocycles. The number of nitrogens with zero attached hydrogens (tertiary/aromatic N) is 1. The average molecular weight is 416 g/mol. The Bertz CT molecular complexity index is 1120. The van der Waals surface area contributed by atoms with Crippen molar-refractivity contribution >= 4 is 17.5 Å². The maximum atomic E-state index is 13.5. The Morgan fingerprint density at radius 2 is 1.84 bits per heavy atom. The lowest BCUT2D eigenvalue weighted by molar-refractivity contribution is -0.118. The van der Waals surface area contributed by atoms with Crippen LogP contribution in [0.2, 0.25) is 0 Å². The first-order valence-corrected chi connectivity index (χ1v) is 10.7. The van der Waals surface area contributed by atoms with E-state index in [0.29, 0.717) is 17.8 Å². The molecule has 2 aromatic rings. The first-order valence-electron chi connectivity index (χ1n) is 10.7. The van der Waals surface area contributed by atoms with Crippen molar-refractivity contribution in [3.05, 3.63) is 81.8 Å². The molecule has 0 unspecified atom stereocenters. The van der Waals surface area contributed by atoms with E-state index in [9.17, 15) is 9.59 Å². The van der Waals surface area contributed by atoms with E-state index in [4.69, 9.17) is 0 Å². The molecular weight excluding hydrogens is 386 g/mol. The van der Waals surface area contributed by atoms with Crippen LogP contribution < -0.4 is 10.6 Å². The molecule has 160 valence electrons. The predicted molar refractivity (Wildman–Crippen MR) is 122 cm³/mol. The number of dihydropyridines is 1. The maximum absolute atomic E-state index is 13.5. The number of pyridine rings is 1. The summed E-state index contributed by atoms with van der Waals surface area (Å²) in [7, 11) is 0. The highest BCUT2D eigenvalue weighted by atomic mass is 16.2. The van der Waals surface area contributed by atoms with E-state index in [1.165, 1.54) is 0 Å². The highest BCUT2D eigenvalue weighted by molar-refractivity contribution is 6.09. The fourth-order valence-corrected chi connectivity index (χ4v) is 4.68. The number of carbonyl (C=O) groups excluding carboxylic acids is 2. The molecule has 0 spiro atoms. The van der Waals surface area contributed by atoms with Crippen LogP contribution in [0.5, 0.6) is 0 Å². The molecule has 0 radical (unpaired) electrons. The van der Waals surface area contributed by atoms with E-state index in [1.54, 1.807) is 12.3 Å². The summed E-state index contributed by atoms with van der Waals surface area (Å²) in [5.41, 5.74) is 5.99. The third-order valence-corrected chi connectivity index (χ3v) is 6.14. The van der Waals surface area contributed by atoms with Crippen molar-refractivity contribution in [3.63, 3.8) is 0 Å². The van der Waals surface area contributed by atoms with E-state index in [0.717, 1.165) is 40.1 Å². The molecule has 0 bridgehead atoms. The summed E-state index contributed by atoms with van der Waals surface area (Å²) in [5.74, 6) is -0.0288. The van der Waals surface area contributed by atoms with Crippen LogP contribution in [0.3, 0.4) is 0 Å². The van der Waals surface area contributed by atoms with Crippen LogP contribution in [0.1, 0.15) is 56.2 Å². The fraction of sp³-hybridized carbons (Fsp3) is 0.346. The minimum atomic E-state index is -0.397. The van der Waals surface area contributed by atoms with Gasteiger partial charge in [-0.1, -0.05) is 44.2 Å². The molecular formula is C26H29N3O2. The number of hydrogen-bond donors (Lipinski definition) is 2. The van der Waals surface area contributed by atoms with Gasteiger partial charge in [-0.15, -0.1) is 0 Å². The Morgan fingerprint density at radius 1 is 1.10 bits per heavy atom. The number of ketones is 1. The third-order valence-electron chi connectivity index (χ3n) is 6.14. The van der Waals surface area contributed by atoms with Crippen LogP contribution in [-0.4, -0.2) is 16.7 Å². The summed E-state index contributed by atoms with van der Waals surface area (Å²) >= 11 is 0. The lowest BCUT2D eigenvalue weighted by Crippen LogP contribution is -2.39. The highest BCUT2D eigenvalue weighted by Crippen LogP contribution is 2.47. The van der Waals surface area contributed by atoms with Crippen molar-refractivity contribution in [1.82, 2.24) is 10.3 Å².